The van der Waals surface area contributed by atoms with Gasteiger partial charge in [-0.3, -0.25) is 4.79 Å². The van der Waals surface area contributed by atoms with Gasteiger partial charge in [0.15, 0.2) is 0 Å². The number of benzene rings is 1. The summed E-state index contributed by atoms with van der Waals surface area (Å²) in [7, 11) is 0. The van der Waals surface area contributed by atoms with Gasteiger partial charge in [-0.2, -0.15) is 11.8 Å². The minimum Gasteiger partial charge on any atom is -0.352 e. The van der Waals surface area contributed by atoms with Gasteiger partial charge in [0.2, 0.25) is 0 Å². The Morgan fingerprint density at radius 3 is 2.94 bits per heavy atom. The number of thioether (sulfide) groups is 1. The number of thiol groups is 1. The van der Waals surface area contributed by atoms with E-state index in [1.54, 1.807) is 30.0 Å². The highest BCUT2D eigenvalue weighted by molar-refractivity contribution is 7.98. The zero-order valence-electron chi connectivity index (χ0n) is 9.87. The molecule has 0 spiro atoms. The van der Waals surface area contributed by atoms with Crippen LogP contribution < -0.4 is 5.32 Å². The van der Waals surface area contributed by atoms with Crippen molar-refractivity contribution in [2.45, 2.75) is 11.8 Å². The predicted molar refractivity (Wildman–Crippen MR) is 78.6 cm³/mol. The number of halogens is 1. The molecular weight excluding hydrogens is 274 g/mol. The molecule has 1 aromatic rings. The SMILES string of the molecule is CSCC(C)CNC(=O)c1cc(S)ccc1Cl. The Hall–Kier alpha value is -0.320. The van der Waals surface area contributed by atoms with E-state index in [2.05, 4.69) is 31.1 Å². The smallest absolute Gasteiger partial charge is 0.252 e. The summed E-state index contributed by atoms with van der Waals surface area (Å²) in [6.07, 6.45) is 2.06. The number of carbonyl (C=O) groups excluding carboxylic acids is 1. The summed E-state index contributed by atoms with van der Waals surface area (Å²) < 4.78 is 0. The van der Waals surface area contributed by atoms with Crippen LogP contribution in [0.25, 0.3) is 0 Å². The lowest BCUT2D eigenvalue weighted by molar-refractivity contribution is 0.0949. The van der Waals surface area contributed by atoms with Crippen LogP contribution in [0.1, 0.15) is 17.3 Å². The Morgan fingerprint density at radius 2 is 2.29 bits per heavy atom. The molecule has 0 aromatic heterocycles. The van der Waals surface area contributed by atoms with E-state index in [0.717, 1.165) is 10.6 Å². The molecule has 1 aromatic carbocycles. The predicted octanol–water partition coefficient (Wildman–Crippen LogP) is 3.36. The van der Waals surface area contributed by atoms with Crippen molar-refractivity contribution < 1.29 is 4.79 Å². The van der Waals surface area contributed by atoms with Crippen LogP contribution in [0, 0.1) is 5.92 Å². The van der Waals surface area contributed by atoms with Gasteiger partial charge in [-0.15, -0.1) is 12.6 Å². The molecule has 0 aliphatic heterocycles. The van der Waals surface area contributed by atoms with E-state index in [9.17, 15) is 4.79 Å². The molecule has 17 heavy (non-hydrogen) atoms. The first-order chi connectivity index (χ1) is 8.04. The number of nitrogens with one attached hydrogen (secondary N) is 1. The van der Waals surface area contributed by atoms with E-state index in [-0.39, 0.29) is 5.91 Å². The average molecular weight is 290 g/mol. The standard InChI is InChI=1S/C12H16ClNOS2/c1-8(7-17-2)6-14-12(15)10-5-9(16)3-4-11(10)13/h3-5,8,16H,6-7H2,1-2H3,(H,14,15). The highest BCUT2D eigenvalue weighted by Gasteiger charge is 2.11. The van der Waals surface area contributed by atoms with Crippen LogP contribution in [0.4, 0.5) is 0 Å². The van der Waals surface area contributed by atoms with Crippen molar-refractivity contribution in [2.75, 3.05) is 18.6 Å². The van der Waals surface area contributed by atoms with Crippen LogP contribution in [0.3, 0.4) is 0 Å². The maximum atomic E-state index is 11.9. The first kappa shape index (κ1) is 14.7. The number of amides is 1. The Kier molecular flexibility index (Phi) is 6.23. The summed E-state index contributed by atoms with van der Waals surface area (Å²) in [6, 6.07) is 5.13. The molecule has 5 heteroatoms. The second-order valence-electron chi connectivity index (χ2n) is 3.93. The number of rotatable bonds is 5. The Labute approximate surface area is 117 Å². The maximum absolute atomic E-state index is 11.9. The largest absolute Gasteiger partial charge is 0.352 e. The van der Waals surface area contributed by atoms with Crippen molar-refractivity contribution in [3.8, 4) is 0 Å². The van der Waals surface area contributed by atoms with Gasteiger partial charge in [-0.25, -0.2) is 0 Å². The maximum Gasteiger partial charge on any atom is 0.252 e. The molecule has 1 amide bonds. The van der Waals surface area contributed by atoms with Gasteiger partial charge in [-0.1, -0.05) is 18.5 Å². The third kappa shape index (κ3) is 4.82. The van der Waals surface area contributed by atoms with Crippen molar-refractivity contribution in [3.63, 3.8) is 0 Å². The van der Waals surface area contributed by atoms with Gasteiger partial charge in [0.25, 0.3) is 5.91 Å². The second kappa shape index (κ2) is 7.19. The third-order valence-corrected chi connectivity index (χ3v) is 3.77. The molecule has 0 heterocycles. The lowest BCUT2D eigenvalue weighted by atomic mass is 10.2. The Morgan fingerprint density at radius 1 is 1.59 bits per heavy atom. The fourth-order valence-electron chi connectivity index (χ4n) is 1.39. The lowest BCUT2D eigenvalue weighted by Crippen LogP contribution is -2.29. The van der Waals surface area contributed by atoms with Gasteiger partial charge in [0.1, 0.15) is 0 Å². The highest BCUT2D eigenvalue weighted by atomic mass is 35.5. The van der Waals surface area contributed by atoms with E-state index in [1.807, 2.05) is 0 Å². The molecule has 2 nitrogen and oxygen atoms in total. The number of carbonyl (C=O) groups is 1. The van der Waals surface area contributed by atoms with Crippen LogP contribution in [-0.2, 0) is 0 Å². The van der Waals surface area contributed by atoms with Gasteiger partial charge in [0.05, 0.1) is 10.6 Å². The summed E-state index contributed by atoms with van der Waals surface area (Å²) in [5, 5.41) is 3.34. The quantitative estimate of drug-likeness (QED) is 0.814. The second-order valence-corrected chi connectivity index (χ2v) is 5.77. The number of hydrogen-bond donors (Lipinski definition) is 2. The van der Waals surface area contributed by atoms with Crippen LogP contribution in [0.2, 0.25) is 5.02 Å². The molecule has 0 saturated heterocycles. The average Bonchev–Trinajstić information content (AvgIpc) is 2.29. The van der Waals surface area contributed by atoms with E-state index < -0.39 is 0 Å². The summed E-state index contributed by atoms with van der Waals surface area (Å²) in [5.41, 5.74) is 0.482. The van der Waals surface area contributed by atoms with E-state index >= 15 is 0 Å². The fourth-order valence-corrected chi connectivity index (χ4v) is 2.49. The molecule has 0 fully saturated rings. The normalized spacial score (nSPS) is 12.2. The molecule has 1 atom stereocenters. The summed E-state index contributed by atoms with van der Waals surface area (Å²) in [6.45, 7) is 2.76. The van der Waals surface area contributed by atoms with Gasteiger partial charge >= 0.3 is 0 Å². The lowest BCUT2D eigenvalue weighted by Gasteiger charge is -2.12. The van der Waals surface area contributed by atoms with E-state index in [4.69, 9.17) is 11.6 Å². The molecule has 0 saturated carbocycles. The van der Waals surface area contributed by atoms with Crippen LogP contribution in [-0.4, -0.2) is 24.5 Å². The van der Waals surface area contributed by atoms with Crippen LogP contribution in [0.15, 0.2) is 23.1 Å². The fraction of sp³-hybridized carbons (Fsp3) is 0.417. The van der Waals surface area contributed by atoms with Crippen LogP contribution in [0.5, 0.6) is 0 Å². The molecular formula is C12H16ClNOS2. The molecule has 0 aliphatic rings. The minimum absolute atomic E-state index is 0.140. The van der Waals surface area contributed by atoms with Crippen molar-refractivity contribution in [1.82, 2.24) is 5.32 Å². The van der Waals surface area contributed by atoms with Crippen LogP contribution >= 0.6 is 36.0 Å². The molecule has 0 radical (unpaired) electrons. The topological polar surface area (TPSA) is 29.1 Å². The summed E-state index contributed by atoms with van der Waals surface area (Å²) in [5.74, 6) is 1.34. The highest BCUT2D eigenvalue weighted by Crippen LogP contribution is 2.19. The van der Waals surface area contributed by atoms with E-state index in [0.29, 0.717) is 23.0 Å². The summed E-state index contributed by atoms with van der Waals surface area (Å²) in [4.78, 5) is 12.6. The first-order valence-corrected chi connectivity index (χ1v) is 7.52. The molecule has 94 valence electrons. The van der Waals surface area contributed by atoms with Crippen molar-refractivity contribution in [1.29, 1.82) is 0 Å². The monoisotopic (exact) mass is 289 g/mol. The zero-order chi connectivity index (χ0) is 12.8. The van der Waals surface area contributed by atoms with Gasteiger partial charge < -0.3 is 5.32 Å². The third-order valence-electron chi connectivity index (χ3n) is 2.26. The van der Waals surface area contributed by atoms with Gasteiger partial charge in [-0.05, 0) is 36.1 Å². The molecule has 0 bridgehead atoms. The number of hydrogen-bond acceptors (Lipinski definition) is 3. The molecule has 1 rings (SSSR count). The first-order valence-electron chi connectivity index (χ1n) is 5.30. The van der Waals surface area contributed by atoms with Crippen molar-refractivity contribution in [3.05, 3.63) is 28.8 Å². The summed E-state index contributed by atoms with van der Waals surface area (Å²) >= 11 is 11.9. The van der Waals surface area contributed by atoms with Crippen molar-refractivity contribution in [2.24, 2.45) is 5.92 Å². The zero-order valence-corrected chi connectivity index (χ0v) is 12.3. The Bertz CT molecular complexity index is 398. The molecule has 1 N–H and O–H groups in total. The molecule has 1 unspecified atom stereocenters. The van der Waals surface area contributed by atoms with Crippen molar-refractivity contribution >= 4 is 41.9 Å². The van der Waals surface area contributed by atoms with E-state index in [1.165, 1.54) is 0 Å². The minimum atomic E-state index is -0.140. The molecule has 0 aliphatic carbocycles. The van der Waals surface area contributed by atoms with Gasteiger partial charge in [0, 0.05) is 11.4 Å². The Balaban J connectivity index is 2.61.